The Labute approximate surface area is 88.3 Å². The average Bonchev–Trinajstić information content (AvgIpc) is 2.74. The zero-order chi connectivity index (χ0) is 10.1. The monoisotopic (exact) mass is 193 g/mol. The summed E-state index contributed by atoms with van der Waals surface area (Å²) in [6.45, 7) is 0. The maximum absolute atomic E-state index is 5.20. The molecule has 2 aliphatic rings. The van der Waals surface area contributed by atoms with Crippen LogP contribution in [0.3, 0.4) is 0 Å². The molecule has 0 spiro atoms. The standard InChI is InChI=1S/C14H9O/c1-2-4-11(5-3-1)13-7-6-12-8-9-15-10-14(12)13/h2-10H. The average molecular weight is 193 g/mol. The van der Waals surface area contributed by atoms with Gasteiger partial charge < -0.3 is 4.42 Å². The fraction of sp³-hybridized carbons (Fsp3) is 0. The minimum atomic E-state index is 1.16. The van der Waals surface area contributed by atoms with E-state index in [0.717, 1.165) is 5.56 Å². The van der Waals surface area contributed by atoms with E-state index in [-0.39, 0.29) is 0 Å². The van der Waals surface area contributed by atoms with Crippen LogP contribution in [0.1, 0.15) is 0 Å². The van der Waals surface area contributed by atoms with Crippen LogP contribution in [0.25, 0.3) is 22.3 Å². The lowest BCUT2D eigenvalue weighted by molar-refractivity contribution is 0.552. The highest BCUT2D eigenvalue weighted by Crippen LogP contribution is 2.34. The molecule has 1 heterocycles. The van der Waals surface area contributed by atoms with E-state index in [1.165, 1.54) is 16.7 Å². The lowest BCUT2D eigenvalue weighted by atomic mass is 10.0. The van der Waals surface area contributed by atoms with Crippen molar-refractivity contribution in [1.82, 2.24) is 0 Å². The molecule has 0 N–H and O–H groups in total. The summed E-state index contributed by atoms with van der Waals surface area (Å²) in [5.41, 5.74) is 4.78. The van der Waals surface area contributed by atoms with Crippen molar-refractivity contribution < 1.29 is 4.42 Å². The molecule has 1 radical (unpaired) electrons. The second kappa shape index (κ2) is 3.28. The van der Waals surface area contributed by atoms with Crippen molar-refractivity contribution in [2.75, 3.05) is 0 Å². The third-order valence-corrected chi connectivity index (χ3v) is 2.57. The molecule has 1 aromatic carbocycles. The minimum Gasteiger partial charge on any atom is -0.472 e. The molecule has 0 saturated heterocycles. The van der Waals surface area contributed by atoms with Crippen LogP contribution in [0.15, 0.2) is 59.4 Å². The van der Waals surface area contributed by atoms with Gasteiger partial charge in [-0.2, -0.15) is 0 Å². The molecular weight excluding hydrogens is 184 g/mol. The molecule has 15 heavy (non-hydrogen) atoms. The summed E-state index contributed by atoms with van der Waals surface area (Å²) in [4.78, 5) is 0. The van der Waals surface area contributed by atoms with Gasteiger partial charge in [-0.3, -0.25) is 0 Å². The van der Waals surface area contributed by atoms with Gasteiger partial charge in [0.1, 0.15) is 0 Å². The van der Waals surface area contributed by atoms with Crippen LogP contribution < -0.4 is 0 Å². The summed E-state index contributed by atoms with van der Waals surface area (Å²) < 4.78 is 5.20. The fourth-order valence-electron chi connectivity index (χ4n) is 1.82. The Kier molecular flexibility index (Phi) is 1.82. The summed E-state index contributed by atoms with van der Waals surface area (Å²) in [5.74, 6) is 0. The van der Waals surface area contributed by atoms with Crippen LogP contribution in [0.4, 0.5) is 0 Å². The summed E-state index contributed by atoms with van der Waals surface area (Å²) in [5, 5.41) is 0. The fourth-order valence-corrected chi connectivity index (χ4v) is 1.82. The van der Waals surface area contributed by atoms with Gasteiger partial charge in [-0.1, -0.05) is 36.4 Å². The third kappa shape index (κ3) is 1.33. The molecule has 1 aliphatic heterocycles. The summed E-state index contributed by atoms with van der Waals surface area (Å²) in [6.07, 6.45) is 3.49. The lowest BCUT2D eigenvalue weighted by Gasteiger charge is -2.02. The molecule has 1 heteroatoms. The van der Waals surface area contributed by atoms with Crippen molar-refractivity contribution in [2.24, 2.45) is 0 Å². The van der Waals surface area contributed by atoms with E-state index in [2.05, 4.69) is 30.3 Å². The van der Waals surface area contributed by atoms with Gasteiger partial charge in [0.05, 0.1) is 12.5 Å². The zero-order valence-corrected chi connectivity index (χ0v) is 8.10. The summed E-state index contributed by atoms with van der Waals surface area (Å²) >= 11 is 0. The van der Waals surface area contributed by atoms with Crippen molar-refractivity contribution in [3.8, 4) is 22.3 Å². The van der Waals surface area contributed by atoms with Crippen LogP contribution in [0.2, 0.25) is 0 Å². The van der Waals surface area contributed by atoms with Gasteiger partial charge in [-0.15, -0.1) is 0 Å². The Balaban J connectivity index is 2.22. The first-order valence-electron chi connectivity index (χ1n) is 4.86. The number of hydrogen-bond donors (Lipinski definition) is 0. The van der Waals surface area contributed by atoms with Gasteiger partial charge in [-0.25, -0.2) is 0 Å². The van der Waals surface area contributed by atoms with Crippen LogP contribution in [-0.4, -0.2) is 0 Å². The molecule has 0 atom stereocenters. The van der Waals surface area contributed by atoms with E-state index in [9.17, 15) is 0 Å². The van der Waals surface area contributed by atoms with Gasteiger partial charge in [0, 0.05) is 5.56 Å². The molecule has 0 fully saturated rings. The highest BCUT2D eigenvalue weighted by Gasteiger charge is 2.10. The van der Waals surface area contributed by atoms with Crippen molar-refractivity contribution in [3.05, 3.63) is 61.1 Å². The van der Waals surface area contributed by atoms with Crippen LogP contribution >= 0.6 is 0 Å². The smallest absolute Gasteiger partial charge is 0.0986 e. The first kappa shape index (κ1) is 8.30. The molecule has 1 aliphatic carbocycles. The zero-order valence-electron chi connectivity index (χ0n) is 8.10. The van der Waals surface area contributed by atoms with Crippen LogP contribution in [0.5, 0.6) is 0 Å². The first-order valence-corrected chi connectivity index (χ1v) is 4.86. The van der Waals surface area contributed by atoms with Crippen molar-refractivity contribution in [3.63, 3.8) is 0 Å². The Bertz CT molecular complexity index is 536. The first-order chi connectivity index (χ1) is 7.45. The Morgan fingerprint density at radius 1 is 0.800 bits per heavy atom. The Morgan fingerprint density at radius 2 is 1.60 bits per heavy atom. The van der Waals surface area contributed by atoms with E-state index < -0.39 is 0 Å². The predicted molar refractivity (Wildman–Crippen MR) is 59.6 cm³/mol. The van der Waals surface area contributed by atoms with E-state index in [0.29, 0.717) is 0 Å². The number of benzene rings is 1. The molecule has 0 unspecified atom stereocenters. The SMILES string of the molecule is [c]1ccc(-c2ccc3ccocc2-3)cc1. The number of hydrogen-bond acceptors (Lipinski definition) is 1. The summed E-state index contributed by atoms with van der Waals surface area (Å²) in [6, 6.07) is 17.2. The molecule has 1 nitrogen and oxygen atoms in total. The van der Waals surface area contributed by atoms with Gasteiger partial charge in [-0.05, 0) is 28.8 Å². The topological polar surface area (TPSA) is 13.1 Å². The minimum absolute atomic E-state index is 1.16. The number of rotatable bonds is 1. The van der Waals surface area contributed by atoms with Crippen molar-refractivity contribution in [1.29, 1.82) is 0 Å². The van der Waals surface area contributed by atoms with E-state index in [1.807, 2.05) is 18.2 Å². The normalized spacial score (nSPS) is 10.7. The lowest BCUT2D eigenvalue weighted by Crippen LogP contribution is -1.77. The third-order valence-electron chi connectivity index (χ3n) is 2.57. The second-order valence-corrected chi connectivity index (χ2v) is 3.46. The molecule has 0 aromatic heterocycles. The highest BCUT2D eigenvalue weighted by molar-refractivity contribution is 5.85. The predicted octanol–water partition coefficient (Wildman–Crippen LogP) is 3.85. The van der Waals surface area contributed by atoms with Crippen molar-refractivity contribution in [2.45, 2.75) is 0 Å². The molecule has 0 bridgehead atoms. The number of fused-ring (bicyclic) bond motifs is 1. The van der Waals surface area contributed by atoms with Crippen LogP contribution in [0, 0.1) is 6.07 Å². The summed E-state index contributed by atoms with van der Waals surface area (Å²) in [7, 11) is 0. The molecule has 0 saturated carbocycles. The quantitative estimate of drug-likeness (QED) is 0.572. The van der Waals surface area contributed by atoms with Gasteiger partial charge >= 0.3 is 0 Å². The maximum atomic E-state index is 5.20. The van der Waals surface area contributed by atoms with E-state index >= 15 is 0 Å². The molecule has 0 amide bonds. The van der Waals surface area contributed by atoms with Gasteiger partial charge in [0.15, 0.2) is 0 Å². The van der Waals surface area contributed by atoms with E-state index in [1.54, 1.807) is 12.5 Å². The molecule has 1 aromatic rings. The van der Waals surface area contributed by atoms with Crippen molar-refractivity contribution >= 4 is 0 Å². The Morgan fingerprint density at radius 3 is 2.47 bits per heavy atom. The second-order valence-electron chi connectivity index (χ2n) is 3.46. The van der Waals surface area contributed by atoms with Gasteiger partial charge in [0.2, 0.25) is 0 Å². The highest BCUT2D eigenvalue weighted by atomic mass is 16.3. The largest absolute Gasteiger partial charge is 0.472 e. The molecular formula is C14H9O. The molecule has 3 rings (SSSR count). The van der Waals surface area contributed by atoms with Crippen LogP contribution in [-0.2, 0) is 0 Å². The van der Waals surface area contributed by atoms with Gasteiger partial charge in [0.25, 0.3) is 0 Å². The molecule has 71 valence electrons. The van der Waals surface area contributed by atoms with E-state index in [4.69, 9.17) is 4.42 Å². The Hall–Kier alpha value is -2.02. The maximum Gasteiger partial charge on any atom is 0.0986 e.